The fourth-order valence-electron chi connectivity index (χ4n) is 5.63. The standard InChI is InChI=1S/C30H30ClN3O3/c1-20-13-21(18-34(16-20)26(19-35)15-28(36)37)17-33-11-8-22(9-12-33)29-27-7-6-25(31)14-24(27)5-4-23-3-2-10-32-30(23)29/h2-3,6-7,10,13-14,16,18-19,26H,4-5,8-9,11-12,15,17H2,1H3/p+1. The van der Waals surface area contributed by atoms with E-state index in [2.05, 4.69) is 29.2 Å². The van der Waals surface area contributed by atoms with Crippen LogP contribution in [-0.2, 0) is 29.0 Å². The lowest BCUT2D eigenvalue weighted by atomic mass is 9.88. The van der Waals surface area contributed by atoms with Crippen LogP contribution in [0, 0.1) is 6.92 Å². The van der Waals surface area contributed by atoms with E-state index in [0.717, 1.165) is 67.2 Å². The molecule has 6 nitrogen and oxygen atoms in total. The van der Waals surface area contributed by atoms with E-state index in [-0.39, 0.29) is 6.42 Å². The number of benzene rings is 1. The number of piperidine rings is 1. The zero-order valence-corrected chi connectivity index (χ0v) is 21.7. The van der Waals surface area contributed by atoms with Gasteiger partial charge in [-0.25, -0.2) is 0 Å². The minimum absolute atomic E-state index is 0.222. The van der Waals surface area contributed by atoms with E-state index in [1.54, 1.807) is 4.57 Å². The topological polar surface area (TPSA) is 74.4 Å². The highest BCUT2D eigenvalue weighted by Gasteiger charge is 2.26. The fraction of sp³-hybridized carbons (Fsp3) is 0.333. The highest BCUT2D eigenvalue weighted by molar-refractivity contribution is 6.30. The van der Waals surface area contributed by atoms with Crippen molar-refractivity contribution in [1.29, 1.82) is 0 Å². The molecule has 0 bridgehead atoms. The molecule has 0 amide bonds. The van der Waals surface area contributed by atoms with Crippen molar-refractivity contribution < 1.29 is 19.3 Å². The molecule has 2 aliphatic rings. The van der Waals surface area contributed by atoms with E-state index in [0.29, 0.717) is 6.29 Å². The van der Waals surface area contributed by atoms with Gasteiger partial charge in [0, 0.05) is 47.6 Å². The third-order valence-corrected chi connectivity index (χ3v) is 7.59. The summed E-state index contributed by atoms with van der Waals surface area (Å²) >= 11 is 6.36. The van der Waals surface area contributed by atoms with Gasteiger partial charge in [0.2, 0.25) is 6.04 Å². The molecule has 0 saturated carbocycles. The van der Waals surface area contributed by atoms with Crippen molar-refractivity contribution in [2.45, 2.75) is 51.6 Å². The van der Waals surface area contributed by atoms with Gasteiger partial charge in [-0.1, -0.05) is 29.3 Å². The van der Waals surface area contributed by atoms with E-state index in [4.69, 9.17) is 21.7 Å². The maximum atomic E-state index is 11.5. The van der Waals surface area contributed by atoms with Crippen molar-refractivity contribution in [3.05, 3.63) is 99.1 Å². The summed E-state index contributed by atoms with van der Waals surface area (Å²) in [5.74, 6) is -0.984. The van der Waals surface area contributed by atoms with Crippen LogP contribution in [0.3, 0.4) is 0 Å². The van der Waals surface area contributed by atoms with Crippen molar-refractivity contribution >= 4 is 29.4 Å². The first-order chi connectivity index (χ1) is 17.9. The van der Waals surface area contributed by atoms with Crippen LogP contribution in [0.2, 0.25) is 5.02 Å². The van der Waals surface area contributed by atoms with Crippen molar-refractivity contribution in [3.63, 3.8) is 0 Å². The van der Waals surface area contributed by atoms with E-state index in [1.807, 2.05) is 37.6 Å². The Hall–Kier alpha value is -3.35. The first-order valence-electron chi connectivity index (χ1n) is 12.8. The summed E-state index contributed by atoms with van der Waals surface area (Å²) in [5.41, 5.74) is 9.72. The van der Waals surface area contributed by atoms with Crippen LogP contribution in [0.4, 0.5) is 0 Å². The number of carbonyl (C=O) groups excluding carboxylic acids is 1. The Kier molecular flexibility index (Phi) is 7.49. The first-order valence-corrected chi connectivity index (χ1v) is 13.1. The highest BCUT2D eigenvalue weighted by Crippen LogP contribution is 2.38. The predicted molar refractivity (Wildman–Crippen MR) is 142 cm³/mol. The van der Waals surface area contributed by atoms with Crippen molar-refractivity contribution in [2.24, 2.45) is 0 Å². The lowest BCUT2D eigenvalue weighted by Crippen LogP contribution is -2.42. The zero-order valence-electron chi connectivity index (χ0n) is 21.0. The van der Waals surface area contributed by atoms with Gasteiger partial charge in [0.15, 0.2) is 18.7 Å². The lowest BCUT2D eigenvalue weighted by molar-refractivity contribution is -0.707. The Balaban J connectivity index is 1.39. The zero-order chi connectivity index (χ0) is 25.9. The van der Waals surface area contributed by atoms with Gasteiger partial charge < -0.3 is 5.11 Å². The Morgan fingerprint density at radius 3 is 2.68 bits per heavy atom. The molecule has 7 heteroatoms. The molecule has 1 aliphatic heterocycles. The second kappa shape index (κ2) is 11.0. The number of aromatic nitrogens is 2. The number of nitrogens with zero attached hydrogens (tertiary/aromatic N) is 3. The number of hydrogen-bond acceptors (Lipinski definition) is 4. The van der Waals surface area contributed by atoms with E-state index < -0.39 is 12.0 Å². The SMILES string of the molecule is Cc1cc(CN2CCC(=C3c4ccc(Cl)cc4CCc4cccnc43)CC2)c[n+](C(C=O)CC(=O)O)c1. The predicted octanol–water partition coefficient (Wildman–Crippen LogP) is 4.74. The molecule has 1 aromatic carbocycles. The molecule has 0 radical (unpaired) electrons. The van der Waals surface area contributed by atoms with E-state index in [1.165, 1.54) is 27.8 Å². The smallest absolute Gasteiger partial charge is 0.310 e. The van der Waals surface area contributed by atoms with Crippen LogP contribution >= 0.6 is 11.6 Å². The average Bonchev–Trinajstić information content (AvgIpc) is 3.04. The average molecular weight is 517 g/mol. The number of carboxylic acids is 1. The first kappa shape index (κ1) is 25.3. The number of carboxylic acid groups (broad SMARTS) is 1. The third kappa shape index (κ3) is 5.65. The maximum Gasteiger partial charge on any atom is 0.310 e. The van der Waals surface area contributed by atoms with Crippen LogP contribution in [0.5, 0.6) is 0 Å². The van der Waals surface area contributed by atoms with Crippen molar-refractivity contribution in [2.75, 3.05) is 13.1 Å². The monoisotopic (exact) mass is 516 g/mol. The molecule has 5 rings (SSSR count). The van der Waals surface area contributed by atoms with Crippen LogP contribution in [0.15, 0.2) is 60.6 Å². The molecular formula is C30H31ClN3O3+. The number of hydrogen-bond donors (Lipinski definition) is 1. The van der Waals surface area contributed by atoms with E-state index >= 15 is 0 Å². The molecule has 1 unspecified atom stereocenters. The van der Waals surface area contributed by atoms with Gasteiger partial charge in [0.05, 0.1) is 5.69 Å². The Labute approximate surface area is 222 Å². The number of carbonyl (C=O) groups is 2. The van der Waals surface area contributed by atoms with Crippen LogP contribution < -0.4 is 4.57 Å². The molecule has 37 heavy (non-hydrogen) atoms. The largest absolute Gasteiger partial charge is 0.481 e. The van der Waals surface area contributed by atoms with Gasteiger partial charge in [-0.2, -0.15) is 4.57 Å². The number of aliphatic carboxylic acids is 1. The van der Waals surface area contributed by atoms with Gasteiger partial charge in [-0.15, -0.1) is 0 Å². The summed E-state index contributed by atoms with van der Waals surface area (Å²) in [6.07, 6.45) is 9.94. The molecule has 1 aliphatic carbocycles. The van der Waals surface area contributed by atoms with Crippen LogP contribution in [0.1, 0.15) is 58.8 Å². The molecule has 2 aromatic heterocycles. The number of aryl methyl sites for hydroxylation is 3. The molecule has 1 atom stereocenters. The quantitative estimate of drug-likeness (QED) is 0.378. The summed E-state index contributed by atoms with van der Waals surface area (Å²) in [6, 6.07) is 11.9. The molecule has 3 aromatic rings. The van der Waals surface area contributed by atoms with Gasteiger partial charge in [0.1, 0.15) is 6.42 Å². The van der Waals surface area contributed by atoms with Crippen LogP contribution in [-0.4, -0.2) is 40.3 Å². The van der Waals surface area contributed by atoms with Gasteiger partial charge in [0.25, 0.3) is 0 Å². The summed E-state index contributed by atoms with van der Waals surface area (Å²) in [5, 5.41) is 9.94. The second-order valence-electron chi connectivity index (χ2n) is 10.0. The molecule has 1 fully saturated rings. The normalized spacial score (nSPS) is 16.5. The number of fused-ring (bicyclic) bond motifs is 2. The maximum absolute atomic E-state index is 11.5. The highest BCUT2D eigenvalue weighted by atomic mass is 35.5. The summed E-state index contributed by atoms with van der Waals surface area (Å²) in [7, 11) is 0. The molecule has 1 N–H and O–H groups in total. The minimum atomic E-state index is -0.984. The third-order valence-electron chi connectivity index (χ3n) is 7.35. The molecular weight excluding hydrogens is 486 g/mol. The molecule has 3 heterocycles. The number of aldehydes is 1. The number of likely N-dealkylation sites (tertiary alicyclic amines) is 1. The van der Waals surface area contributed by atoms with E-state index in [9.17, 15) is 9.59 Å². The fourth-order valence-corrected chi connectivity index (χ4v) is 5.83. The Morgan fingerprint density at radius 1 is 1.14 bits per heavy atom. The number of rotatable bonds is 6. The second-order valence-corrected chi connectivity index (χ2v) is 10.5. The van der Waals surface area contributed by atoms with Crippen molar-refractivity contribution in [1.82, 2.24) is 9.88 Å². The lowest BCUT2D eigenvalue weighted by Gasteiger charge is -2.30. The van der Waals surface area contributed by atoms with Gasteiger partial charge >= 0.3 is 5.97 Å². The summed E-state index contributed by atoms with van der Waals surface area (Å²) in [4.78, 5) is 30.0. The Morgan fingerprint density at radius 2 is 1.92 bits per heavy atom. The minimum Gasteiger partial charge on any atom is -0.481 e. The Bertz CT molecular complexity index is 1370. The van der Waals surface area contributed by atoms with Gasteiger partial charge in [-0.05, 0) is 73.6 Å². The molecule has 1 saturated heterocycles. The van der Waals surface area contributed by atoms with Crippen LogP contribution in [0.25, 0.3) is 5.57 Å². The van der Waals surface area contributed by atoms with Crippen molar-refractivity contribution in [3.8, 4) is 0 Å². The summed E-state index contributed by atoms with van der Waals surface area (Å²) in [6.45, 7) is 4.57. The number of pyridine rings is 2. The number of halogens is 1. The summed E-state index contributed by atoms with van der Waals surface area (Å²) < 4.78 is 1.74. The molecule has 0 spiro atoms. The molecule has 190 valence electrons. The van der Waals surface area contributed by atoms with Gasteiger partial charge in [-0.3, -0.25) is 19.5 Å².